The molecule has 1 aliphatic heterocycles. The molecule has 3 N–H and O–H groups in total. The number of piperidine rings is 1. The molecule has 0 aromatic heterocycles. The predicted octanol–water partition coefficient (Wildman–Crippen LogP) is 2.41. The molecule has 0 aliphatic carbocycles. The zero-order valence-electron chi connectivity index (χ0n) is 11.1. The van der Waals surface area contributed by atoms with E-state index < -0.39 is 0 Å². The van der Waals surface area contributed by atoms with E-state index in [0.717, 1.165) is 37.2 Å². The molecule has 1 aliphatic rings. The first kappa shape index (κ1) is 12.7. The Morgan fingerprint density at radius 3 is 2.50 bits per heavy atom. The molecule has 0 radical (unpaired) electrons. The summed E-state index contributed by atoms with van der Waals surface area (Å²) in [7, 11) is 0. The van der Waals surface area contributed by atoms with Crippen LogP contribution in [0.4, 0.5) is 5.69 Å². The lowest BCUT2D eigenvalue weighted by molar-refractivity contribution is 0.280. The van der Waals surface area contributed by atoms with Crippen LogP contribution < -0.4 is 10.6 Å². The molecule has 0 spiro atoms. The third-order valence-electron chi connectivity index (χ3n) is 3.75. The number of rotatable bonds is 2. The van der Waals surface area contributed by atoms with Gasteiger partial charge in [-0.2, -0.15) is 0 Å². The monoisotopic (exact) mass is 247 g/mol. The number of para-hydroxylation sites is 1. The second kappa shape index (κ2) is 4.88. The molecule has 18 heavy (non-hydrogen) atoms. The topological polar surface area (TPSA) is 61.8 Å². The molecule has 1 heterocycles. The van der Waals surface area contributed by atoms with Gasteiger partial charge in [-0.15, -0.1) is 0 Å². The van der Waals surface area contributed by atoms with E-state index in [1.807, 2.05) is 24.3 Å². The zero-order chi connectivity index (χ0) is 13.2. The number of benzene rings is 1. The maximum Gasteiger partial charge on any atom is 0.172 e. The standard InChI is InChI=1S/C14H21N3O/c1-14(2)7-9-17(10-8-14)12-6-4-3-5-11(12)13(15)16-18/h3-6,18H,7-10H2,1-2H3,(H2,15,16). The van der Waals surface area contributed by atoms with Gasteiger partial charge < -0.3 is 15.8 Å². The maximum absolute atomic E-state index is 8.84. The summed E-state index contributed by atoms with van der Waals surface area (Å²) in [5.41, 5.74) is 8.01. The molecule has 0 unspecified atom stereocenters. The number of hydrogen-bond donors (Lipinski definition) is 2. The van der Waals surface area contributed by atoms with Gasteiger partial charge in [0.1, 0.15) is 0 Å². The van der Waals surface area contributed by atoms with Gasteiger partial charge >= 0.3 is 0 Å². The van der Waals surface area contributed by atoms with Gasteiger partial charge in [0, 0.05) is 24.3 Å². The van der Waals surface area contributed by atoms with Gasteiger partial charge in [-0.25, -0.2) is 0 Å². The predicted molar refractivity (Wildman–Crippen MR) is 74.2 cm³/mol. The highest BCUT2D eigenvalue weighted by atomic mass is 16.4. The molecular weight excluding hydrogens is 226 g/mol. The van der Waals surface area contributed by atoms with Crippen LogP contribution in [-0.2, 0) is 0 Å². The lowest BCUT2D eigenvalue weighted by atomic mass is 9.82. The summed E-state index contributed by atoms with van der Waals surface area (Å²) in [6.45, 7) is 6.64. The molecule has 2 rings (SSSR count). The van der Waals surface area contributed by atoms with Gasteiger partial charge in [0.25, 0.3) is 0 Å². The summed E-state index contributed by atoms with van der Waals surface area (Å²) < 4.78 is 0. The summed E-state index contributed by atoms with van der Waals surface area (Å²) in [5, 5.41) is 11.9. The Kier molecular flexibility index (Phi) is 3.45. The van der Waals surface area contributed by atoms with Gasteiger partial charge in [0.15, 0.2) is 5.84 Å². The summed E-state index contributed by atoms with van der Waals surface area (Å²) in [4.78, 5) is 2.32. The highest BCUT2D eigenvalue weighted by Crippen LogP contribution is 2.33. The van der Waals surface area contributed by atoms with Crippen molar-refractivity contribution >= 4 is 11.5 Å². The third-order valence-corrected chi connectivity index (χ3v) is 3.75. The van der Waals surface area contributed by atoms with Crippen LogP contribution in [0.3, 0.4) is 0 Å². The molecular formula is C14H21N3O. The quantitative estimate of drug-likeness (QED) is 0.365. The highest BCUT2D eigenvalue weighted by molar-refractivity contribution is 6.02. The van der Waals surface area contributed by atoms with Gasteiger partial charge in [-0.05, 0) is 30.4 Å². The third kappa shape index (κ3) is 2.58. The molecule has 1 fully saturated rings. The van der Waals surface area contributed by atoms with Crippen molar-refractivity contribution < 1.29 is 5.21 Å². The minimum absolute atomic E-state index is 0.176. The second-order valence-corrected chi connectivity index (χ2v) is 5.65. The van der Waals surface area contributed by atoms with E-state index in [0.29, 0.717) is 5.41 Å². The van der Waals surface area contributed by atoms with E-state index >= 15 is 0 Å². The fourth-order valence-corrected chi connectivity index (χ4v) is 2.37. The molecule has 0 atom stereocenters. The summed E-state index contributed by atoms with van der Waals surface area (Å²) in [6, 6.07) is 7.82. The molecule has 0 saturated carbocycles. The summed E-state index contributed by atoms with van der Waals surface area (Å²) in [5.74, 6) is 0.176. The Hall–Kier alpha value is -1.71. The first-order valence-corrected chi connectivity index (χ1v) is 6.35. The van der Waals surface area contributed by atoms with Crippen molar-refractivity contribution in [2.75, 3.05) is 18.0 Å². The van der Waals surface area contributed by atoms with E-state index in [4.69, 9.17) is 10.9 Å². The zero-order valence-corrected chi connectivity index (χ0v) is 11.1. The summed E-state index contributed by atoms with van der Waals surface area (Å²) in [6.07, 6.45) is 2.33. The number of oxime groups is 1. The van der Waals surface area contributed by atoms with Crippen LogP contribution in [0.15, 0.2) is 29.4 Å². The van der Waals surface area contributed by atoms with Crippen molar-refractivity contribution in [3.8, 4) is 0 Å². The van der Waals surface area contributed by atoms with Crippen LogP contribution >= 0.6 is 0 Å². The van der Waals surface area contributed by atoms with Crippen LogP contribution in [0, 0.1) is 5.41 Å². The number of amidine groups is 1. The van der Waals surface area contributed by atoms with Crippen LogP contribution in [0.2, 0.25) is 0 Å². The van der Waals surface area contributed by atoms with Crippen molar-refractivity contribution in [3.05, 3.63) is 29.8 Å². The Morgan fingerprint density at radius 1 is 1.28 bits per heavy atom. The van der Waals surface area contributed by atoms with Gasteiger partial charge in [-0.3, -0.25) is 0 Å². The number of nitrogens with zero attached hydrogens (tertiary/aromatic N) is 2. The Morgan fingerprint density at radius 2 is 1.89 bits per heavy atom. The fourth-order valence-electron chi connectivity index (χ4n) is 2.37. The van der Waals surface area contributed by atoms with E-state index in [1.54, 1.807) is 0 Å². The van der Waals surface area contributed by atoms with Crippen molar-refractivity contribution in [1.29, 1.82) is 0 Å². The Bertz CT molecular complexity index is 444. The maximum atomic E-state index is 8.84. The average Bonchev–Trinajstić information content (AvgIpc) is 2.38. The second-order valence-electron chi connectivity index (χ2n) is 5.65. The molecule has 4 nitrogen and oxygen atoms in total. The number of nitrogens with two attached hydrogens (primary N) is 1. The minimum Gasteiger partial charge on any atom is -0.409 e. The van der Waals surface area contributed by atoms with E-state index in [1.165, 1.54) is 0 Å². The molecule has 1 saturated heterocycles. The molecule has 4 heteroatoms. The molecule has 0 bridgehead atoms. The van der Waals surface area contributed by atoms with Crippen LogP contribution in [0.5, 0.6) is 0 Å². The fraction of sp³-hybridized carbons (Fsp3) is 0.500. The molecule has 98 valence electrons. The lowest BCUT2D eigenvalue weighted by Crippen LogP contribution is -2.38. The van der Waals surface area contributed by atoms with Crippen molar-refractivity contribution in [3.63, 3.8) is 0 Å². The van der Waals surface area contributed by atoms with Crippen molar-refractivity contribution in [2.24, 2.45) is 16.3 Å². The van der Waals surface area contributed by atoms with Crippen LogP contribution in [0.25, 0.3) is 0 Å². The first-order valence-electron chi connectivity index (χ1n) is 6.35. The van der Waals surface area contributed by atoms with E-state index in [-0.39, 0.29) is 5.84 Å². The smallest absolute Gasteiger partial charge is 0.172 e. The SMILES string of the molecule is CC1(C)CCN(c2ccccc2C(N)=NO)CC1. The Balaban J connectivity index is 2.24. The highest BCUT2D eigenvalue weighted by Gasteiger charge is 2.26. The van der Waals surface area contributed by atoms with E-state index in [9.17, 15) is 0 Å². The lowest BCUT2D eigenvalue weighted by Gasteiger charge is -2.38. The van der Waals surface area contributed by atoms with E-state index in [2.05, 4.69) is 23.9 Å². The summed E-state index contributed by atoms with van der Waals surface area (Å²) >= 11 is 0. The molecule has 1 aromatic carbocycles. The molecule has 1 aromatic rings. The van der Waals surface area contributed by atoms with Gasteiger partial charge in [-0.1, -0.05) is 31.1 Å². The largest absolute Gasteiger partial charge is 0.409 e. The van der Waals surface area contributed by atoms with Gasteiger partial charge in [0.2, 0.25) is 0 Å². The Labute approximate surface area is 108 Å². The average molecular weight is 247 g/mol. The number of hydrogen-bond acceptors (Lipinski definition) is 3. The van der Waals surface area contributed by atoms with Crippen molar-refractivity contribution in [2.45, 2.75) is 26.7 Å². The normalized spacial score (nSPS) is 19.9. The number of anilines is 1. The van der Waals surface area contributed by atoms with Crippen molar-refractivity contribution in [1.82, 2.24) is 0 Å². The minimum atomic E-state index is 0.176. The first-order chi connectivity index (χ1) is 8.53. The van der Waals surface area contributed by atoms with Crippen LogP contribution in [0.1, 0.15) is 32.3 Å². The molecule has 0 amide bonds. The van der Waals surface area contributed by atoms with Gasteiger partial charge in [0.05, 0.1) is 0 Å². The van der Waals surface area contributed by atoms with Crippen LogP contribution in [-0.4, -0.2) is 24.1 Å².